The predicted molar refractivity (Wildman–Crippen MR) is 313 cm³/mol. The van der Waals surface area contributed by atoms with Crippen molar-refractivity contribution >= 4 is 83.0 Å². The Kier molecular flexibility index (Phi) is 8.94. The molecule has 0 atom stereocenters. The largest absolute Gasteiger partial charge is 0.310 e. The molecule has 10 aromatic carbocycles. The number of nitrogens with zero attached hydrogens (tertiary/aromatic N) is 3. The standard InChI is InChI=1S/C71H57N3/c1-69(2)60-23-13-11-21-54(60)56-34-31-51(41-63(56)69)72(48-29-27-44-17-7-9-19-46(44)37-48)50-33-36-66-58(39-50)59-40-53(43-65-68(59)74(66)67-26-16-15-25-62(67)71(65,5)6)73(49-30-28-45-18-8-10-20-47(45)38-49)52-32-35-57-55-22-12-14-24-61(55)70(3,4)64(57)42-52/h7-13,15-23,25-43H,14,24H2,1-6H3. The summed E-state index contributed by atoms with van der Waals surface area (Å²) in [5.74, 6) is 0. The average Bonchev–Trinajstić information content (AvgIpc) is 3.96. The molecule has 1 aliphatic heterocycles. The van der Waals surface area contributed by atoms with Gasteiger partial charge in [-0.1, -0.05) is 175 Å². The molecule has 0 fully saturated rings. The molecule has 0 spiro atoms. The van der Waals surface area contributed by atoms with Crippen molar-refractivity contribution in [1.82, 2.24) is 4.57 Å². The first-order valence-electron chi connectivity index (χ1n) is 26.6. The SMILES string of the molecule is CC1(C)C2=C(C=CCC2)c2ccc(N(c3ccc4ccccc4c3)c3cc4c5c(c3)c3cc(N(c6ccc7c(c6)C(C)(C)c6ccccc6-7)c6ccc7ccccc7c6)ccc3n5-c3ccccc3C4(C)C)cc21. The number of para-hydroxylation sites is 1. The Labute approximate surface area is 434 Å². The summed E-state index contributed by atoms with van der Waals surface area (Å²) in [5.41, 5.74) is 23.9. The maximum Gasteiger partial charge on any atom is 0.0583 e. The summed E-state index contributed by atoms with van der Waals surface area (Å²) in [6.45, 7) is 14.5. The van der Waals surface area contributed by atoms with Gasteiger partial charge in [-0.3, -0.25) is 0 Å². The van der Waals surface area contributed by atoms with Gasteiger partial charge in [0.15, 0.2) is 0 Å². The zero-order chi connectivity index (χ0) is 49.8. The number of allylic oxidation sites excluding steroid dienone is 4. The first kappa shape index (κ1) is 43.2. The molecule has 0 saturated heterocycles. The zero-order valence-electron chi connectivity index (χ0n) is 43.0. The molecule has 356 valence electrons. The zero-order valence-corrected chi connectivity index (χ0v) is 43.0. The average molecular weight is 952 g/mol. The third-order valence-corrected chi connectivity index (χ3v) is 17.8. The van der Waals surface area contributed by atoms with Gasteiger partial charge in [0.25, 0.3) is 0 Å². The van der Waals surface area contributed by atoms with Crippen molar-refractivity contribution in [1.29, 1.82) is 0 Å². The molecular weight excluding hydrogens is 895 g/mol. The highest BCUT2D eigenvalue weighted by molar-refractivity contribution is 6.14. The van der Waals surface area contributed by atoms with Crippen LogP contribution in [0.2, 0.25) is 0 Å². The number of hydrogen-bond donors (Lipinski definition) is 0. The van der Waals surface area contributed by atoms with Gasteiger partial charge in [-0.25, -0.2) is 0 Å². The molecule has 0 radical (unpaired) electrons. The molecule has 1 aromatic heterocycles. The number of hydrogen-bond acceptors (Lipinski definition) is 2. The van der Waals surface area contributed by atoms with Crippen molar-refractivity contribution < 1.29 is 0 Å². The fraction of sp³-hybridized carbons (Fsp3) is 0.155. The topological polar surface area (TPSA) is 11.4 Å². The van der Waals surface area contributed by atoms with Crippen molar-refractivity contribution in [3.05, 3.63) is 251 Å². The van der Waals surface area contributed by atoms with Crippen molar-refractivity contribution in [2.45, 2.75) is 70.6 Å². The van der Waals surface area contributed by atoms with E-state index in [2.05, 4.69) is 268 Å². The first-order chi connectivity index (χ1) is 35.9. The Morgan fingerprint density at radius 1 is 0.378 bits per heavy atom. The van der Waals surface area contributed by atoms with E-state index in [-0.39, 0.29) is 16.2 Å². The summed E-state index contributed by atoms with van der Waals surface area (Å²) in [4.78, 5) is 5.04. The number of aromatic nitrogens is 1. The maximum absolute atomic E-state index is 2.56. The van der Waals surface area contributed by atoms with E-state index in [4.69, 9.17) is 0 Å². The summed E-state index contributed by atoms with van der Waals surface area (Å²) in [6, 6.07) is 76.1. The maximum atomic E-state index is 2.56. The minimum absolute atomic E-state index is 0.0680. The quantitative estimate of drug-likeness (QED) is 0.165. The van der Waals surface area contributed by atoms with Crippen LogP contribution in [0.15, 0.2) is 218 Å². The van der Waals surface area contributed by atoms with Crippen molar-refractivity contribution in [3.63, 3.8) is 0 Å². The summed E-state index contributed by atoms with van der Waals surface area (Å²) >= 11 is 0. The van der Waals surface area contributed by atoms with Crippen molar-refractivity contribution in [2.75, 3.05) is 9.80 Å². The molecule has 0 unspecified atom stereocenters. The van der Waals surface area contributed by atoms with Gasteiger partial charge < -0.3 is 14.4 Å². The second-order valence-electron chi connectivity index (χ2n) is 22.9. The highest BCUT2D eigenvalue weighted by Gasteiger charge is 2.40. The van der Waals surface area contributed by atoms with E-state index in [1.165, 1.54) is 105 Å². The fourth-order valence-electron chi connectivity index (χ4n) is 14.0. The molecular formula is C71H57N3. The van der Waals surface area contributed by atoms with E-state index in [1.54, 1.807) is 5.57 Å². The molecule has 11 aromatic rings. The lowest BCUT2D eigenvalue weighted by atomic mass is 9.74. The Hall–Kier alpha value is -8.40. The van der Waals surface area contributed by atoms with Crippen LogP contribution >= 0.6 is 0 Å². The van der Waals surface area contributed by atoms with Crippen LogP contribution in [0.1, 0.15) is 87.8 Å². The second kappa shape index (κ2) is 15.3. The number of anilines is 6. The van der Waals surface area contributed by atoms with Crippen LogP contribution in [0.4, 0.5) is 34.1 Å². The number of rotatable bonds is 6. The first-order valence-corrected chi connectivity index (χ1v) is 26.6. The Morgan fingerprint density at radius 2 is 0.878 bits per heavy atom. The molecule has 0 saturated carbocycles. The normalized spacial score (nSPS) is 16.1. The second-order valence-corrected chi connectivity index (χ2v) is 22.9. The van der Waals surface area contributed by atoms with Gasteiger partial charge in [-0.2, -0.15) is 0 Å². The van der Waals surface area contributed by atoms with Crippen molar-refractivity contribution in [2.24, 2.45) is 0 Å². The third kappa shape index (κ3) is 6.01. The molecule has 3 aliphatic carbocycles. The van der Waals surface area contributed by atoms with Gasteiger partial charge in [0.1, 0.15) is 0 Å². The molecule has 0 N–H and O–H groups in total. The van der Waals surface area contributed by atoms with Crippen LogP contribution in [0.5, 0.6) is 0 Å². The lowest BCUT2D eigenvalue weighted by Gasteiger charge is -2.36. The Morgan fingerprint density at radius 3 is 1.59 bits per heavy atom. The Bertz CT molecular complexity index is 4300. The smallest absolute Gasteiger partial charge is 0.0583 e. The molecule has 3 heteroatoms. The van der Waals surface area contributed by atoms with Crippen LogP contribution in [-0.2, 0) is 16.2 Å². The number of benzene rings is 10. The van der Waals surface area contributed by atoms with Gasteiger partial charge in [0.05, 0.1) is 16.7 Å². The van der Waals surface area contributed by atoms with Crippen molar-refractivity contribution in [3.8, 4) is 16.8 Å². The van der Waals surface area contributed by atoms with E-state index in [1.807, 2.05) is 0 Å². The summed E-state index contributed by atoms with van der Waals surface area (Å²) in [6.07, 6.45) is 6.94. The van der Waals surface area contributed by atoms with Gasteiger partial charge in [0.2, 0.25) is 0 Å². The minimum Gasteiger partial charge on any atom is -0.310 e. The van der Waals surface area contributed by atoms with E-state index in [9.17, 15) is 0 Å². The van der Waals surface area contributed by atoms with Gasteiger partial charge in [0, 0.05) is 61.1 Å². The van der Waals surface area contributed by atoms with Gasteiger partial charge in [-0.05, 0) is 169 Å². The summed E-state index contributed by atoms with van der Waals surface area (Å²) in [7, 11) is 0. The van der Waals surface area contributed by atoms with E-state index < -0.39 is 0 Å². The minimum atomic E-state index is -0.297. The molecule has 0 amide bonds. The lowest BCUT2D eigenvalue weighted by Crippen LogP contribution is -2.26. The third-order valence-electron chi connectivity index (χ3n) is 17.8. The fourth-order valence-corrected chi connectivity index (χ4v) is 14.0. The molecule has 15 rings (SSSR count). The van der Waals surface area contributed by atoms with E-state index in [0.29, 0.717) is 0 Å². The van der Waals surface area contributed by atoms with Gasteiger partial charge in [-0.15, -0.1) is 0 Å². The molecule has 2 heterocycles. The van der Waals surface area contributed by atoms with Crippen LogP contribution in [-0.4, -0.2) is 4.57 Å². The van der Waals surface area contributed by atoms with E-state index >= 15 is 0 Å². The molecule has 0 bridgehead atoms. The van der Waals surface area contributed by atoms with Crippen LogP contribution < -0.4 is 9.80 Å². The van der Waals surface area contributed by atoms with Crippen LogP contribution in [0.3, 0.4) is 0 Å². The molecule has 3 nitrogen and oxygen atoms in total. The summed E-state index contributed by atoms with van der Waals surface area (Å²) in [5, 5.41) is 7.39. The van der Waals surface area contributed by atoms with Gasteiger partial charge >= 0.3 is 0 Å². The lowest BCUT2D eigenvalue weighted by molar-refractivity contribution is 0.607. The van der Waals surface area contributed by atoms with Crippen LogP contribution in [0.25, 0.3) is 65.7 Å². The number of fused-ring (bicyclic) bond motifs is 12. The summed E-state index contributed by atoms with van der Waals surface area (Å²) < 4.78 is 2.56. The van der Waals surface area contributed by atoms with Crippen LogP contribution in [0, 0.1) is 0 Å². The van der Waals surface area contributed by atoms with E-state index in [0.717, 1.165) is 41.3 Å². The Balaban J connectivity index is 0.993. The highest BCUT2D eigenvalue weighted by Crippen LogP contribution is 2.55. The molecule has 74 heavy (non-hydrogen) atoms. The molecule has 4 aliphatic rings. The monoisotopic (exact) mass is 951 g/mol. The highest BCUT2D eigenvalue weighted by atomic mass is 15.2. The predicted octanol–water partition coefficient (Wildman–Crippen LogP) is 19.4.